The minimum atomic E-state index is -0.150. The predicted octanol–water partition coefficient (Wildman–Crippen LogP) is -0.179. The molecule has 0 atom stereocenters. The first-order valence-electron chi connectivity index (χ1n) is 0.881. The molecule has 0 heterocycles. The van der Waals surface area contributed by atoms with Crippen LogP contribution >= 0.6 is 0 Å². The molecule has 0 aromatic heterocycles. The van der Waals surface area contributed by atoms with Gasteiger partial charge >= 0.3 is 0 Å². The van der Waals surface area contributed by atoms with Gasteiger partial charge in [0.15, 0.2) is 9.86 Å². The lowest BCUT2D eigenvalue weighted by molar-refractivity contribution is -0.885. The lowest BCUT2D eigenvalue weighted by Gasteiger charge is -1.81. The fraction of sp³-hybridized carbons (Fsp3) is 0. The summed E-state index contributed by atoms with van der Waals surface area (Å²) in [5.41, 5.74) is 0. The Hall–Kier alpha value is -0.240. The van der Waals surface area contributed by atoms with Crippen molar-refractivity contribution in [1.29, 1.82) is 0 Å². The lowest BCUT2D eigenvalue weighted by Crippen LogP contribution is -2.03. The third-order valence-electron chi connectivity index (χ3n) is 0.0913. The largest absolute Gasteiger partial charge is 0.215 e. The van der Waals surface area contributed by atoms with Gasteiger partial charge in [-0.2, -0.15) is 0 Å². The minimum absolute atomic E-state index is 0.150. The van der Waals surface area contributed by atoms with Crippen LogP contribution in [0.15, 0.2) is 0 Å². The maximum atomic E-state index is 7.35. The van der Waals surface area contributed by atoms with E-state index in [2.05, 4.69) is 10.1 Å². The average Bonchev–Trinajstić information content (AvgIpc) is 1.35. The number of hydrogen-bond acceptors (Lipinski definition) is 5. The van der Waals surface area contributed by atoms with Crippen molar-refractivity contribution in [3.8, 4) is 0 Å². The molecule has 0 amide bonds. The van der Waals surface area contributed by atoms with Crippen molar-refractivity contribution < 1.29 is 30.7 Å². The molecule has 38 valence electrons. The van der Waals surface area contributed by atoms with Crippen molar-refractivity contribution in [1.82, 2.24) is 0 Å². The van der Waals surface area contributed by atoms with Crippen LogP contribution in [0.1, 0.15) is 0 Å². The first-order valence-corrected chi connectivity index (χ1v) is 0.881. The zero-order chi connectivity index (χ0) is 4.99. The first kappa shape index (κ1) is 5.76. The monoisotopic (exact) mass is 99.0 g/mol. The topological polar surface area (TPSA) is 81.9 Å². The maximum Gasteiger partial charge on any atom is 0.195 e. The molecule has 0 radical (unpaired) electrons. The Balaban J connectivity index is 2.63. The molecule has 6 nitrogen and oxygen atoms in total. The average molecular weight is 99.0 g/mol. The van der Waals surface area contributed by atoms with Crippen molar-refractivity contribution >= 4 is 0 Å². The van der Waals surface area contributed by atoms with Gasteiger partial charge in [-0.1, -0.05) is 0 Å². The van der Waals surface area contributed by atoms with E-state index in [-0.39, 0.29) is 4.82 Å². The minimum Gasteiger partial charge on any atom is -0.215 e. The molecule has 0 aliphatic rings. The first-order chi connectivity index (χ1) is 2.77. The number of hydrogen-bond donors (Lipinski definition) is 3. The van der Waals surface area contributed by atoms with Gasteiger partial charge in [0, 0.05) is 5.04 Å². The van der Waals surface area contributed by atoms with Gasteiger partial charge in [-0.3, -0.25) is 0 Å². The second-order valence-electron chi connectivity index (χ2n) is 0.373. The second kappa shape index (κ2) is 2.97. The van der Waals surface area contributed by atoms with E-state index in [9.17, 15) is 0 Å². The molecule has 0 unspecified atom stereocenters. The molecular weight excluding hydrogens is 96.0 g/mol. The molecule has 0 aliphatic heterocycles. The van der Waals surface area contributed by atoms with E-state index >= 15 is 0 Å². The smallest absolute Gasteiger partial charge is 0.195 e. The second-order valence-corrected chi connectivity index (χ2v) is 0.373. The van der Waals surface area contributed by atoms with Gasteiger partial charge in [-0.25, -0.2) is 5.26 Å². The zero-order valence-electron chi connectivity index (χ0n) is 2.57. The Morgan fingerprint density at radius 3 is 1.83 bits per heavy atom. The van der Waals surface area contributed by atoms with E-state index in [1.54, 1.807) is 0 Å². The third-order valence-corrected chi connectivity index (χ3v) is 0.0913. The summed E-state index contributed by atoms with van der Waals surface area (Å²) in [7, 11) is 0. The molecule has 0 aliphatic carbocycles. The van der Waals surface area contributed by atoms with Gasteiger partial charge in [0.2, 0.25) is 0 Å². The molecule has 3 N–H and O–H groups in total. The Bertz CT molecular complexity index is 21.2. The van der Waals surface area contributed by atoms with E-state index in [1.807, 2.05) is 0 Å². The highest BCUT2D eigenvalue weighted by Crippen LogP contribution is 1.79. The molecular formula is H3O6+. The standard InChI is InChI=1S/H2O6/c1-4-5-6(2)3/h2-3H/p+1. The van der Waals surface area contributed by atoms with Gasteiger partial charge in [-0.05, 0) is 10.5 Å². The zero-order valence-corrected chi connectivity index (χ0v) is 2.57. The molecule has 6 heteroatoms. The quantitative estimate of drug-likeness (QED) is 0.254. The van der Waals surface area contributed by atoms with Gasteiger partial charge in [-0.15, -0.1) is 0 Å². The van der Waals surface area contributed by atoms with Crippen LogP contribution < -0.4 is 0 Å². The summed E-state index contributed by atoms with van der Waals surface area (Å²) < 4.78 is 0. The maximum absolute atomic E-state index is 7.35. The Labute approximate surface area is 32.1 Å². The van der Waals surface area contributed by atoms with E-state index in [0.29, 0.717) is 0 Å². The highest BCUT2D eigenvalue weighted by atomic mass is 17.9. The van der Waals surface area contributed by atoms with E-state index in [0.717, 1.165) is 0 Å². The molecule has 0 aromatic carbocycles. The third kappa shape index (κ3) is 3.76. The summed E-state index contributed by atoms with van der Waals surface area (Å²) in [6.45, 7) is 0. The molecule has 0 rings (SSSR count). The van der Waals surface area contributed by atoms with Crippen LogP contribution in [0.2, 0.25) is 0 Å². The van der Waals surface area contributed by atoms with Crippen LogP contribution in [-0.4, -0.2) is 15.8 Å². The van der Waals surface area contributed by atoms with Crippen LogP contribution in [0.5, 0.6) is 0 Å². The van der Waals surface area contributed by atoms with Crippen LogP contribution in [-0.2, 0) is 14.9 Å². The van der Waals surface area contributed by atoms with Gasteiger partial charge in [0.1, 0.15) is 0 Å². The normalized spacial score (nSPS) is 10.0. The fourth-order valence-electron chi connectivity index (χ4n) is 0.0272. The van der Waals surface area contributed by atoms with E-state index in [4.69, 9.17) is 15.8 Å². The van der Waals surface area contributed by atoms with Crippen LogP contribution in [0.4, 0.5) is 0 Å². The predicted molar refractivity (Wildman–Crippen MR) is 11.1 cm³/mol. The van der Waals surface area contributed by atoms with Crippen molar-refractivity contribution in [2.75, 3.05) is 0 Å². The Morgan fingerprint density at radius 2 is 1.83 bits per heavy atom. The van der Waals surface area contributed by atoms with Crippen molar-refractivity contribution in [3.05, 3.63) is 0 Å². The van der Waals surface area contributed by atoms with Crippen LogP contribution in [0.3, 0.4) is 0 Å². The van der Waals surface area contributed by atoms with Crippen LogP contribution in [0, 0.1) is 0 Å². The molecule has 0 bridgehead atoms. The Kier molecular flexibility index (Phi) is 2.85. The summed E-state index contributed by atoms with van der Waals surface area (Å²) in [5.74, 6) is 0. The van der Waals surface area contributed by atoms with Crippen LogP contribution in [0.25, 0.3) is 0 Å². The molecule has 0 aromatic rings. The molecule has 0 fully saturated rings. The number of rotatable bonds is 2. The van der Waals surface area contributed by atoms with Gasteiger partial charge in [0.25, 0.3) is 0 Å². The summed E-state index contributed by atoms with van der Waals surface area (Å²) in [6, 6.07) is 0. The van der Waals surface area contributed by atoms with Crippen molar-refractivity contribution in [2.45, 2.75) is 0 Å². The molecule has 0 saturated carbocycles. The SMILES string of the molecule is OOO[O+](O)O. The summed E-state index contributed by atoms with van der Waals surface area (Å²) in [6.07, 6.45) is 0. The highest BCUT2D eigenvalue weighted by Gasteiger charge is 2.01. The van der Waals surface area contributed by atoms with E-state index in [1.165, 1.54) is 0 Å². The summed E-state index contributed by atoms with van der Waals surface area (Å²) in [5, 5.41) is 27.5. The fourth-order valence-corrected chi connectivity index (χ4v) is 0.0272. The van der Waals surface area contributed by atoms with Gasteiger partial charge < -0.3 is 0 Å². The lowest BCUT2D eigenvalue weighted by atomic mass is 14.1. The highest BCUT2D eigenvalue weighted by molar-refractivity contribution is 2.93. The Morgan fingerprint density at radius 1 is 1.33 bits per heavy atom. The van der Waals surface area contributed by atoms with Gasteiger partial charge in [0.05, 0.1) is 0 Å². The van der Waals surface area contributed by atoms with Crippen molar-refractivity contribution in [2.24, 2.45) is 0 Å². The molecule has 0 spiro atoms. The molecule has 6 heavy (non-hydrogen) atoms. The summed E-state index contributed by atoms with van der Waals surface area (Å²) >= 11 is 0. The van der Waals surface area contributed by atoms with E-state index < -0.39 is 0 Å². The van der Waals surface area contributed by atoms with Crippen molar-refractivity contribution in [3.63, 3.8) is 0 Å². The summed E-state index contributed by atoms with van der Waals surface area (Å²) in [4.78, 5) is -0.150. The molecule has 0 saturated heterocycles.